The number of aliphatic hydroxyl groups is 1. The molecule has 9 heteroatoms. The first kappa shape index (κ1) is 23.4. The van der Waals surface area contributed by atoms with E-state index in [9.17, 15) is 28.2 Å². The van der Waals surface area contributed by atoms with E-state index in [0.717, 1.165) is 17.7 Å². The molecule has 1 heterocycles. The van der Waals surface area contributed by atoms with Crippen molar-refractivity contribution in [3.05, 3.63) is 86.7 Å². The number of nitrogens with zero attached hydrogens (tertiary/aromatic N) is 1. The Morgan fingerprint density at radius 2 is 1.73 bits per heavy atom. The van der Waals surface area contributed by atoms with Gasteiger partial charge < -0.3 is 20.4 Å². The van der Waals surface area contributed by atoms with Gasteiger partial charge in [-0.2, -0.15) is 0 Å². The van der Waals surface area contributed by atoms with E-state index in [1.54, 1.807) is 30.3 Å². The van der Waals surface area contributed by atoms with Crippen LogP contribution in [0.3, 0.4) is 0 Å². The van der Waals surface area contributed by atoms with Gasteiger partial charge in [-0.3, -0.25) is 4.79 Å². The zero-order chi connectivity index (χ0) is 23.8. The molecule has 3 N–H and O–H groups in total. The fraction of sp³-hybridized carbons (Fsp3) is 0.208. The summed E-state index contributed by atoms with van der Waals surface area (Å²) in [4.78, 5) is 14.3. The maximum atomic E-state index is 14.6. The summed E-state index contributed by atoms with van der Waals surface area (Å²) in [5.41, 5.74) is -0.894. The molecule has 0 atom stereocenters. The van der Waals surface area contributed by atoms with Crippen LogP contribution in [-0.4, -0.2) is 39.7 Å². The quantitative estimate of drug-likeness (QED) is 0.367. The Labute approximate surface area is 202 Å². The molecule has 1 saturated heterocycles. The van der Waals surface area contributed by atoms with Crippen molar-refractivity contribution in [3.8, 4) is 5.75 Å². The fourth-order valence-corrected chi connectivity index (χ4v) is 4.21. The molecule has 172 valence electrons. The Morgan fingerprint density at radius 3 is 2.39 bits per heavy atom. The van der Waals surface area contributed by atoms with Crippen molar-refractivity contribution >= 4 is 39.9 Å². The second kappa shape index (κ2) is 9.22. The number of β-amino-alcohol motifs (C(OH)–C–C–N with tert-alkyl or cyclic N) is 1. The molecule has 0 bridgehead atoms. The summed E-state index contributed by atoms with van der Waals surface area (Å²) in [7, 11) is 0. The first-order valence-corrected chi connectivity index (χ1v) is 11.2. The molecule has 4 rings (SSSR count). The Balaban J connectivity index is 1.48. The third-order valence-corrected chi connectivity index (χ3v) is 6.26. The predicted molar refractivity (Wildman–Crippen MR) is 126 cm³/mol. The summed E-state index contributed by atoms with van der Waals surface area (Å²) in [5, 5.41) is 22.6. The van der Waals surface area contributed by atoms with Gasteiger partial charge in [-0.05, 0) is 83.5 Å². The van der Waals surface area contributed by atoms with Crippen molar-refractivity contribution in [1.82, 2.24) is 4.90 Å². The third-order valence-electron chi connectivity index (χ3n) is 5.59. The zero-order valence-corrected chi connectivity index (χ0v) is 19.4. The summed E-state index contributed by atoms with van der Waals surface area (Å²) in [5.74, 6) is -3.58. The topological polar surface area (TPSA) is 72.8 Å². The van der Waals surface area contributed by atoms with Crippen LogP contribution in [0.25, 0.3) is 0 Å². The molecule has 5 nitrogen and oxygen atoms in total. The second-order valence-corrected chi connectivity index (χ2v) is 9.33. The SMILES string of the molecule is O=C(c1ccc(F)c(F)c1Nc1ccc(I)cc1F)N1CC(O)(CCc2ccc(O)cc2)C1. The molecule has 0 radical (unpaired) electrons. The predicted octanol–water partition coefficient (Wildman–Crippen LogP) is 4.98. The van der Waals surface area contributed by atoms with Crippen molar-refractivity contribution < 1.29 is 28.2 Å². The average molecular weight is 568 g/mol. The summed E-state index contributed by atoms with van der Waals surface area (Å²) in [6.45, 7) is 0.0560. The van der Waals surface area contributed by atoms with E-state index in [4.69, 9.17) is 0 Å². The first-order chi connectivity index (χ1) is 15.6. The number of carbonyl (C=O) groups is 1. The molecular weight excluding hydrogens is 548 g/mol. The lowest BCUT2D eigenvalue weighted by atomic mass is 9.87. The molecular formula is C24H20F3IN2O3. The lowest BCUT2D eigenvalue weighted by molar-refractivity contribution is -0.0854. The van der Waals surface area contributed by atoms with Crippen LogP contribution < -0.4 is 5.32 Å². The number of amides is 1. The van der Waals surface area contributed by atoms with Gasteiger partial charge in [0, 0.05) is 3.57 Å². The number of nitrogens with one attached hydrogen (secondary N) is 1. The highest BCUT2D eigenvalue weighted by atomic mass is 127. The van der Waals surface area contributed by atoms with Crippen molar-refractivity contribution in [3.63, 3.8) is 0 Å². The Bertz CT molecular complexity index is 1200. The second-order valence-electron chi connectivity index (χ2n) is 8.09. The number of likely N-dealkylation sites (tertiary alicyclic amines) is 1. The van der Waals surface area contributed by atoms with Crippen molar-refractivity contribution in [1.29, 1.82) is 0 Å². The number of rotatable bonds is 6. The first-order valence-electron chi connectivity index (χ1n) is 10.1. The smallest absolute Gasteiger partial charge is 0.256 e. The van der Waals surface area contributed by atoms with Crippen molar-refractivity contribution in [2.45, 2.75) is 18.4 Å². The van der Waals surface area contributed by atoms with Gasteiger partial charge in [-0.25, -0.2) is 13.2 Å². The van der Waals surface area contributed by atoms with Crippen molar-refractivity contribution in [2.75, 3.05) is 18.4 Å². The minimum Gasteiger partial charge on any atom is -0.508 e. The van der Waals surface area contributed by atoms with E-state index in [2.05, 4.69) is 5.32 Å². The van der Waals surface area contributed by atoms with Crippen LogP contribution in [0.2, 0.25) is 0 Å². The van der Waals surface area contributed by atoms with Crippen LogP contribution in [-0.2, 0) is 6.42 Å². The van der Waals surface area contributed by atoms with Gasteiger partial charge in [-0.15, -0.1) is 0 Å². The number of benzene rings is 3. The number of hydrogen-bond acceptors (Lipinski definition) is 4. The molecule has 3 aromatic carbocycles. The van der Waals surface area contributed by atoms with Gasteiger partial charge in [0.25, 0.3) is 5.91 Å². The van der Waals surface area contributed by atoms with Crippen LogP contribution >= 0.6 is 22.6 Å². The molecule has 3 aromatic rings. The van der Waals surface area contributed by atoms with Crippen LogP contribution in [0.4, 0.5) is 24.5 Å². The summed E-state index contributed by atoms with van der Waals surface area (Å²) in [6, 6.07) is 12.8. The highest BCUT2D eigenvalue weighted by Gasteiger charge is 2.44. The van der Waals surface area contributed by atoms with Gasteiger partial charge in [-0.1, -0.05) is 12.1 Å². The molecule has 0 spiro atoms. The number of phenolic OH excluding ortho intramolecular Hbond substituents is 1. The number of halogens is 4. The Hall–Kier alpha value is -2.79. The molecule has 0 aromatic heterocycles. The highest BCUT2D eigenvalue weighted by molar-refractivity contribution is 14.1. The van der Waals surface area contributed by atoms with Gasteiger partial charge in [0.1, 0.15) is 17.2 Å². The van der Waals surface area contributed by atoms with Gasteiger partial charge in [0.15, 0.2) is 11.6 Å². The maximum absolute atomic E-state index is 14.6. The number of aryl methyl sites for hydroxylation is 1. The van der Waals surface area contributed by atoms with E-state index < -0.39 is 34.6 Å². The summed E-state index contributed by atoms with van der Waals surface area (Å²) < 4.78 is 43.4. The lowest BCUT2D eigenvalue weighted by Crippen LogP contribution is -2.63. The van der Waals surface area contributed by atoms with E-state index in [-0.39, 0.29) is 30.1 Å². The van der Waals surface area contributed by atoms with E-state index in [1.807, 2.05) is 22.6 Å². The lowest BCUT2D eigenvalue weighted by Gasteiger charge is -2.46. The summed E-state index contributed by atoms with van der Waals surface area (Å²) in [6.07, 6.45) is 0.932. The van der Waals surface area contributed by atoms with Crippen LogP contribution in [0, 0.1) is 21.0 Å². The molecule has 33 heavy (non-hydrogen) atoms. The molecule has 1 amide bonds. The van der Waals surface area contributed by atoms with E-state index >= 15 is 0 Å². The molecule has 1 aliphatic rings. The molecule has 1 fully saturated rings. The number of hydrogen-bond donors (Lipinski definition) is 3. The van der Waals surface area contributed by atoms with E-state index in [1.165, 1.54) is 17.0 Å². The highest BCUT2D eigenvalue weighted by Crippen LogP contribution is 2.33. The zero-order valence-electron chi connectivity index (χ0n) is 17.3. The van der Waals surface area contributed by atoms with Crippen LogP contribution in [0.1, 0.15) is 22.3 Å². The average Bonchev–Trinajstić information content (AvgIpc) is 2.76. The number of aromatic hydroxyl groups is 1. The minimum atomic E-state index is -1.29. The largest absolute Gasteiger partial charge is 0.508 e. The minimum absolute atomic E-state index is 0.0280. The standard InChI is InChI=1S/C24H20F3IN2O3/c25-18-7-6-17(22(21(18)27)29-20-8-3-15(28)11-19(20)26)23(32)30-12-24(33,13-30)10-9-14-1-4-16(31)5-2-14/h1-8,11,29,31,33H,9-10,12-13H2. The monoisotopic (exact) mass is 568 g/mol. The normalized spacial score (nSPS) is 14.6. The van der Waals surface area contributed by atoms with Crippen LogP contribution in [0.5, 0.6) is 5.75 Å². The number of anilines is 2. The summed E-state index contributed by atoms with van der Waals surface area (Å²) >= 11 is 1.92. The molecule has 0 aliphatic carbocycles. The fourth-order valence-electron chi connectivity index (χ4n) is 3.75. The van der Waals surface area contributed by atoms with Crippen LogP contribution in [0.15, 0.2) is 54.6 Å². The molecule has 1 aliphatic heterocycles. The van der Waals surface area contributed by atoms with Gasteiger partial charge in [0.05, 0.1) is 30.0 Å². The van der Waals surface area contributed by atoms with Crippen molar-refractivity contribution in [2.24, 2.45) is 0 Å². The maximum Gasteiger partial charge on any atom is 0.256 e. The number of carbonyl (C=O) groups excluding carboxylic acids is 1. The Kier molecular flexibility index (Phi) is 6.53. The molecule has 0 unspecified atom stereocenters. The molecule has 0 saturated carbocycles. The Morgan fingerprint density at radius 1 is 1.03 bits per heavy atom. The van der Waals surface area contributed by atoms with Gasteiger partial charge in [0.2, 0.25) is 0 Å². The third kappa shape index (κ3) is 5.09. The van der Waals surface area contributed by atoms with E-state index in [0.29, 0.717) is 16.4 Å². The number of phenols is 1. The van der Waals surface area contributed by atoms with Gasteiger partial charge >= 0.3 is 0 Å².